The minimum Gasteiger partial charge on any atom is -0.478 e. The number of aromatic carboxylic acids is 1. The molecule has 2 aliphatic heterocycles. The smallest absolute Gasteiger partial charge is 0.335 e. The van der Waals surface area contributed by atoms with Gasteiger partial charge in [-0.3, -0.25) is 4.90 Å². The first-order valence-corrected chi connectivity index (χ1v) is 11.1. The predicted octanol–water partition coefficient (Wildman–Crippen LogP) is 4.81. The third kappa shape index (κ3) is 5.29. The van der Waals surface area contributed by atoms with Crippen LogP contribution < -0.4 is 4.90 Å². The van der Waals surface area contributed by atoms with Gasteiger partial charge in [0.1, 0.15) is 0 Å². The summed E-state index contributed by atoms with van der Waals surface area (Å²) in [7, 11) is 0. The first-order chi connectivity index (χ1) is 14.8. The molecule has 0 saturated carbocycles. The van der Waals surface area contributed by atoms with Crippen LogP contribution in [-0.2, 0) is 4.74 Å². The lowest BCUT2D eigenvalue weighted by atomic mass is 9.87. The molecule has 0 aliphatic carbocycles. The zero-order chi connectivity index (χ0) is 22.0. The van der Waals surface area contributed by atoms with E-state index in [2.05, 4.69) is 35.8 Å². The van der Waals surface area contributed by atoms with Gasteiger partial charge in [0, 0.05) is 49.9 Å². The van der Waals surface area contributed by atoms with Crippen LogP contribution in [0.15, 0.2) is 54.1 Å². The van der Waals surface area contributed by atoms with Gasteiger partial charge in [0.25, 0.3) is 0 Å². The number of hydrogen-bond acceptors (Lipinski definition) is 4. The average molecular weight is 441 g/mol. The standard InChI is InChI=1S/C25H29ClN2O3/c1-25(2)15-23(18-3-7-21(26)8-4-18)20(17-31-25)16-27-11-13-28(14-12-27)22-9-5-19(6-10-22)24(29)30/h3-10H,11-17H2,1-2H3,(H,29,30). The molecule has 0 aromatic heterocycles. The Morgan fingerprint density at radius 2 is 1.68 bits per heavy atom. The van der Waals surface area contributed by atoms with Crippen molar-refractivity contribution in [3.8, 4) is 0 Å². The summed E-state index contributed by atoms with van der Waals surface area (Å²) in [4.78, 5) is 15.9. The molecule has 0 radical (unpaired) electrons. The van der Waals surface area contributed by atoms with Crippen molar-refractivity contribution in [3.63, 3.8) is 0 Å². The summed E-state index contributed by atoms with van der Waals surface area (Å²) in [5.74, 6) is -0.890. The van der Waals surface area contributed by atoms with E-state index in [9.17, 15) is 4.79 Å². The van der Waals surface area contributed by atoms with Crippen LogP contribution in [-0.4, -0.2) is 60.9 Å². The van der Waals surface area contributed by atoms with E-state index in [1.165, 1.54) is 16.7 Å². The minimum absolute atomic E-state index is 0.167. The molecule has 0 spiro atoms. The maximum atomic E-state index is 11.1. The Balaban J connectivity index is 1.44. The quantitative estimate of drug-likeness (QED) is 0.722. The molecule has 1 saturated heterocycles. The number of halogens is 1. The van der Waals surface area contributed by atoms with Crippen molar-refractivity contribution in [2.75, 3.05) is 44.2 Å². The molecule has 1 N–H and O–H groups in total. The molecule has 5 nitrogen and oxygen atoms in total. The van der Waals surface area contributed by atoms with Crippen LogP contribution in [0, 0.1) is 0 Å². The second kappa shape index (κ2) is 9.03. The van der Waals surface area contributed by atoms with Gasteiger partial charge in [0.05, 0.1) is 17.8 Å². The van der Waals surface area contributed by atoms with Crippen LogP contribution in [0.3, 0.4) is 0 Å². The monoisotopic (exact) mass is 440 g/mol. The highest BCUT2D eigenvalue weighted by Crippen LogP contribution is 2.36. The van der Waals surface area contributed by atoms with Gasteiger partial charge in [-0.1, -0.05) is 23.7 Å². The molecular weight excluding hydrogens is 412 g/mol. The zero-order valence-corrected chi connectivity index (χ0v) is 18.9. The highest BCUT2D eigenvalue weighted by Gasteiger charge is 2.30. The van der Waals surface area contributed by atoms with E-state index in [-0.39, 0.29) is 5.60 Å². The Labute approximate surface area is 188 Å². The number of carbonyl (C=O) groups is 1. The molecule has 2 aromatic rings. The summed E-state index contributed by atoms with van der Waals surface area (Å²) in [5, 5.41) is 9.84. The Morgan fingerprint density at radius 3 is 2.29 bits per heavy atom. The number of rotatable bonds is 5. The molecule has 0 bridgehead atoms. The molecule has 4 rings (SSSR count). The van der Waals surface area contributed by atoms with E-state index < -0.39 is 5.97 Å². The van der Waals surface area contributed by atoms with Gasteiger partial charge in [-0.2, -0.15) is 0 Å². The highest BCUT2D eigenvalue weighted by molar-refractivity contribution is 6.30. The lowest BCUT2D eigenvalue weighted by Gasteiger charge is -2.39. The predicted molar refractivity (Wildman–Crippen MR) is 125 cm³/mol. The molecule has 6 heteroatoms. The summed E-state index contributed by atoms with van der Waals surface area (Å²) in [6, 6.07) is 15.3. The summed E-state index contributed by atoms with van der Waals surface area (Å²) < 4.78 is 6.15. The second-order valence-electron chi connectivity index (χ2n) is 8.93. The van der Waals surface area contributed by atoms with Gasteiger partial charge >= 0.3 is 5.97 Å². The lowest BCUT2D eigenvalue weighted by Crippen LogP contribution is -2.47. The Kier molecular flexibility index (Phi) is 6.37. The first-order valence-electron chi connectivity index (χ1n) is 10.7. The van der Waals surface area contributed by atoms with Crippen molar-refractivity contribution in [3.05, 3.63) is 70.3 Å². The summed E-state index contributed by atoms with van der Waals surface area (Å²) in [6.45, 7) is 9.61. The number of carboxylic acids is 1. The Hall–Kier alpha value is -2.34. The number of benzene rings is 2. The molecular formula is C25H29ClN2O3. The zero-order valence-electron chi connectivity index (χ0n) is 18.1. The van der Waals surface area contributed by atoms with Crippen LogP contribution in [0.5, 0.6) is 0 Å². The van der Waals surface area contributed by atoms with Crippen LogP contribution in [0.2, 0.25) is 5.02 Å². The highest BCUT2D eigenvalue weighted by atomic mass is 35.5. The fourth-order valence-electron chi connectivity index (χ4n) is 4.32. The third-order valence-electron chi connectivity index (χ3n) is 6.13. The molecule has 2 heterocycles. The number of hydrogen-bond donors (Lipinski definition) is 1. The Morgan fingerprint density at radius 1 is 1.03 bits per heavy atom. The molecule has 0 atom stereocenters. The molecule has 0 amide bonds. The summed E-state index contributed by atoms with van der Waals surface area (Å²) >= 11 is 6.10. The van der Waals surface area contributed by atoms with Gasteiger partial charge in [0.2, 0.25) is 0 Å². The first kappa shape index (κ1) is 21.9. The van der Waals surface area contributed by atoms with E-state index in [4.69, 9.17) is 21.4 Å². The van der Waals surface area contributed by atoms with Crippen LogP contribution in [0.1, 0.15) is 36.2 Å². The van der Waals surface area contributed by atoms with E-state index >= 15 is 0 Å². The molecule has 1 fully saturated rings. The number of carboxylic acid groups (broad SMARTS) is 1. The Bertz CT molecular complexity index is 959. The van der Waals surface area contributed by atoms with Gasteiger partial charge < -0.3 is 14.7 Å². The SMILES string of the molecule is CC1(C)CC(c2ccc(Cl)cc2)=C(CN2CCN(c3ccc(C(=O)O)cc3)CC2)CO1. The van der Waals surface area contributed by atoms with Crippen molar-refractivity contribution < 1.29 is 14.6 Å². The van der Waals surface area contributed by atoms with Gasteiger partial charge in [-0.15, -0.1) is 0 Å². The maximum absolute atomic E-state index is 11.1. The lowest BCUT2D eigenvalue weighted by molar-refractivity contribution is -0.0101. The number of anilines is 1. The minimum atomic E-state index is -0.890. The van der Waals surface area contributed by atoms with E-state index in [0.29, 0.717) is 12.2 Å². The third-order valence-corrected chi connectivity index (χ3v) is 6.38. The van der Waals surface area contributed by atoms with Crippen LogP contribution in [0.25, 0.3) is 5.57 Å². The molecule has 2 aliphatic rings. The number of ether oxygens (including phenoxy) is 1. The van der Waals surface area contributed by atoms with Crippen molar-refractivity contribution >= 4 is 28.8 Å². The summed E-state index contributed by atoms with van der Waals surface area (Å²) in [6.07, 6.45) is 0.889. The van der Waals surface area contributed by atoms with Crippen molar-refractivity contribution in [1.82, 2.24) is 4.90 Å². The van der Waals surface area contributed by atoms with Crippen molar-refractivity contribution in [2.45, 2.75) is 25.9 Å². The van der Waals surface area contributed by atoms with Gasteiger partial charge in [-0.25, -0.2) is 4.79 Å². The largest absolute Gasteiger partial charge is 0.478 e. The van der Waals surface area contributed by atoms with E-state index in [0.717, 1.165) is 49.9 Å². The second-order valence-corrected chi connectivity index (χ2v) is 9.37. The number of nitrogens with zero attached hydrogens (tertiary/aromatic N) is 2. The molecule has 0 unspecified atom stereocenters. The van der Waals surface area contributed by atoms with Crippen LogP contribution in [0.4, 0.5) is 5.69 Å². The van der Waals surface area contributed by atoms with Crippen LogP contribution >= 0.6 is 11.6 Å². The molecule has 31 heavy (non-hydrogen) atoms. The van der Waals surface area contributed by atoms with E-state index in [1.807, 2.05) is 24.3 Å². The normalized spacial score (nSPS) is 19.5. The average Bonchev–Trinajstić information content (AvgIpc) is 2.76. The fourth-order valence-corrected chi connectivity index (χ4v) is 4.44. The maximum Gasteiger partial charge on any atom is 0.335 e. The van der Waals surface area contributed by atoms with Crippen molar-refractivity contribution in [2.24, 2.45) is 0 Å². The van der Waals surface area contributed by atoms with Crippen molar-refractivity contribution in [1.29, 1.82) is 0 Å². The van der Waals surface area contributed by atoms with E-state index in [1.54, 1.807) is 12.1 Å². The summed E-state index contributed by atoms with van der Waals surface area (Å²) in [5.41, 5.74) is 5.19. The number of piperazine rings is 1. The van der Waals surface area contributed by atoms with Gasteiger partial charge in [0.15, 0.2) is 0 Å². The fraction of sp³-hybridized carbons (Fsp3) is 0.400. The molecule has 2 aromatic carbocycles. The topological polar surface area (TPSA) is 53.0 Å². The van der Waals surface area contributed by atoms with Gasteiger partial charge in [-0.05, 0) is 67.0 Å². The molecule has 164 valence electrons.